The quantitative estimate of drug-likeness (QED) is 0.842. The molecular weight excluding hydrogens is 251 g/mol. The van der Waals surface area contributed by atoms with Gasteiger partial charge in [0.1, 0.15) is 5.82 Å². The first kappa shape index (κ1) is 15.1. The van der Waals surface area contributed by atoms with E-state index in [1.54, 1.807) is 6.07 Å². The molecule has 1 fully saturated rings. The van der Waals surface area contributed by atoms with Crippen LogP contribution in [0.5, 0.6) is 0 Å². The van der Waals surface area contributed by atoms with Gasteiger partial charge in [-0.15, -0.1) is 0 Å². The number of halogens is 1. The Morgan fingerprint density at radius 1 is 1.25 bits per heavy atom. The molecule has 0 spiro atoms. The SMILES string of the molecule is CCC(CC)Nc1ccc(N2CCC(C)CC2)c(F)c1. The molecule has 0 aromatic heterocycles. The fourth-order valence-corrected chi connectivity index (χ4v) is 2.83. The second kappa shape index (κ2) is 6.96. The van der Waals surface area contributed by atoms with E-state index in [0.717, 1.165) is 56.1 Å². The monoisotopic (exact) mass is 278 g/mol. The molecule has 0 unspecified atom stereocenters. The Hall–Kier alpha value is -1.25. The summed E-state index contributed by atoms with van der Waals surface area (Å²) in [5.74, 6) is 0.667. The van der Waals surface area contributed by atoms with E-state index in [9.17, 15) is 4.39 Å². The Labute approximate surface area is 122 Å². The van der Waals surface area contributed by atoms with E-state index in [-0.39, 0.29) is 5.82 Å². The van der Waals surface area contributed by atoms with Gasteiger partial charge in [-0.1, -0.05) is 20.8 Å². The maximum atomic E-state index is 14.3. The van der Waals surface area contributed by atoms with E-state index in [0.29, 0.717) is 6.04 Å². The lowest BCUT2D eigenvalue weighted by molar-refractivity contribution is 0.434. The van der Waals surface area contributed by atoms with Crippen molar-refractivity contribution >= 4 is 11.4 Å². The molecule has 1 heterocycles. The number of nitrogens with one attached hydrogen (secondary N) is 1. The lowest BCUT2D eigenvalue weighted by Crippen LogP contribution is -2.33. The molecule has 1 aromatic carbocycles. The van der Waals surface area contributed by atoms with Crippen molar-refractivity contribution in [2.45, 2.75) is 52.5 Å². The predicted octanol–water partition coefficient (Wildman–Crippen LogP) is 4.66. The predicted molar refractivity (Wildman–Crippen MR) is 85.0 cm³/mol. The van der Waals surface area contributed by atoms with E-state index in [4.69, 9.17) is 0 Å². The highest BCUT2D eigenvalue weighted by Gasteiger charge is 2.18. The minimum Gasteiger partial charge on any atom is -0.382 e. The molecule has 2 rings (SSSR count). The number of hydrogen-bond acceptors (Lipinski definition) is 2. The molecule has 0 bridgehead atoms. The first-order valence-corrected chi connectivity index (χ1v) is 7.95. The Bertz CT molecular complexity index is 421. The van der Waals surface area contributed by atoms with Gasteiger partial charge in [-0.25, -0.2) is 4.39 Å². The van der Waals surface area contributed by atoms with Crippen molar-refractivity contribution in [1.29, 1.82) is 0 Å². The molecular formula is C17H27FN2. The Morgan fingerprint density at radius 3 is 2.45 bits per heavy atom. The van der Waals surface area contributed by atoms with Crippen LogP contribution in [0.15, 0.2) is 18.2 Å². The maximum absolute atomic E-state index is 14.3. The zero-order chi connectivity index (χ0) is 14.5. The topological polar surface area (TPSA) is 15.3 Å². The largest absolute Gasteiger partial charge is 0.382 e. The van der Waals surface area contributed by atoms with Crippen LogP contribution in [0.25, 0.3) is 0 Å². The summed E-state index contributed by atoms with van der Waals surface area (Å²) in [6.45, 7) is 8.52. The van der Waals surface area contributed by atoms with Gasteiger partial charge in [0, 0.05) is 24.8 Å². The highest BCUT2D eigenvalue weighted by atomic mass is 19.1. The minimum atomic E-state index is -0.101. The van der Waals surface area contributed by atoms with E-state index < -0.39 is 0 Å². The summed E-state index contributed by atoms with van der Waals surface area (Å²) in [5, 5.41) is 3.40. The van der Waals surface area contributed by atoms with Crippen LogP contribution in [-0.2, 0) is 0 Å². The van der Waals surface area contributed by atoms with Crippen LogP contribution < -0.4 is 10.2 Å². The summed E-state index contributed by atoms with van der Waals surface area (Å²) < 4.78 is 14.3. The Morgan fingerprint density at radius 2 is 1.90 bits per heavy atom. The standard InChI is InChI=1S/C17H27FN2/c1-4-14(5-2)19-15-6-7-17(16(18)12-15)20-10-8-13(3)9-11-20/h6-7,12-14,19H,4-5,8-11H2,1-3H3. The van der Waals surface area contributed by atoms with Crippen LogP contribution in [0.1, 0.15) is 46.5 Å². The Kier molecular flexibility index (Phi) is 5.27. The summed E-state index contributed by atoms with van der Waals surface area (Å²) in [4.78, 5) is 2.18. The third-order valence-corrected chi connectivity index (χ3v) is 4.43. The van der Waals surface area contributed by atoms with Crippen LogP contribution >= 0.6 is 0 Å². The summed E-state index contributed by atoms with van der Waals surface area (Å²) in [5.41, 5.74) is 1.65. The van der Waals surface area contributed by atoms with Gasteiger partial charge < -0.3 is 10.2 Å². The third kappa shape index (κ3) is 3.65. The van der Waals surface area contributed by atoms with Crippen LogP contribution in [0.4, 0.5) is 15.8 Å². The third-order valence-electron chi connectivity index (χ3n) is 4.43. The van der Waals surface area contributed by atoms with Crippen molar-refractivity contribution in [1.82, 2.24) is 0 Å². The van der Waals surface area contributed by atoms with E-state index >= 15 is 0 Å². The first-order chi connectivity index (χ1) is 9.63. The van der Waals surface area contributed by atoms with Gasteiger partial charge >= 0.3 is 0 Å². The molecule has 112 valence electrons. The second-order valence-electron chi connectivity index (χ2n) is 5.99. The molecule has 0 radical (unpaired) electrons. The number of benzene rings is 1. The molecule has 1 saturated heterocycles. The van der Waals surface area contributed by atoms with Crippen molar-refractivity contribution in [3.05, 3.63) is 24.0 Å². The minimum absolute atomic E-state index is 0.101. The van der Waals surface area contributed by atoms with Gasteiger partial charge in [0.05, 0.1) is 5.69 Å². The Balaban J connectivity index is 2.05. The highest BCUT2D eigenvalue weighted by Crippen LogP contribution is 2.27. The molecule has 0 amide bonds. The van der Waals surface area contributed by atoms with Crippen molar-refractivity contribution in [3.8, 4) is 0 Å². The molecule has 3 heteroatoms. The summed E-state index contributed by atoms with van der Waals surface area (Å²) in [6.07, 6.45) is 4.44. The zero-order valence-electron chi connectivity index (χ0n) is 13.0. The smallest absolute Gasteiger partial charge is 0.148 e. The lowest BCUT2D eigenvalue weighted by Gasteiger charge is -2.32. The van der Waals surface area contributed by atoms with Crippen molar-refractivity contribution < 1.29 is 4.39 Å². The molecule has 1 N–H and O–H groups in total. The van der Waals surface area contributed by atoms with Crippen LogP contribution in [0.2, 0.25) is 0 Å². The van der Waals surface area contributed by atoms with Crippen molar-refractivity contribution in [2.75, 3.05) is 23.3 Å². The van der Waals surface area contributed by atoms with Crippen LogP contribution in [0, 0.1) is 11.7 Å². The van der Waals surface area contributed by atoms with Gasteiger partial charge in [-0.3, -0.25) is 0 Å². The molecule has 2 nitrogen and oxygen atoms in total. The van der Waals surface area contributed by atoms with Crippen molar-refractivity contribution in [3.63, 3.8) is 0 Å². The first-order valence-electron chi connectivity index (χ1n) is 7.95. The van der Waals surface area contributed by atoms with Gasteiger partial charge in [-0.2, -0.15) is 0 Å². The van der Waals surface area contributed by atoms with Gasteiger partial charge in [0.15, 0.2) is 0 Å². The van der Waals surface area contributed by atoms with Gasteiger partial charge in [-0.05, 0) is 49.8 Å². The summed E-state index contributed by atoms with van der Waals surface area (Å²) >= 11 is 0. The number of piperidine rings is 1. The fraction of sp³-hybridized carbons (Fsp3) is 0.647. The summed E-state index contributed by atoms with van der Waals surface area (Å²) in [6, 6.07) is 6.01. The van der Waals surface area contributed by atoms with E-state index in [1.165, 1.54) is 0 Å². The number of rotatable bonds is 5. The van der Waals surface area contributed by atoms with Gasteiger partial charge in [0.2, 0.25) is 0 Å². The second-order valence-corrected chi connectivity index (χ2v) is 5.99. The van der Waals surface area contributed by atoms with Crippen molar-refractivity contribution in [2.24, 2.45) is 5.92 Å². The normalized spacial score (nSPS) is 16.8. The highest BCUT2D eigenvalue weighted by molar-refractivity contribution is 5.56. The molecule has 20 heavy (non-hydrogen) atoms. The molecule has 1 aliphatic heterocycles. The van der Waals surface area contributed by atoms with Crippen LogP contribution in [-0.4, -0.2) is 19.1 Å². The summed E-state index contributed by atoms with van der Waals surface area (Å²) in [7, 11) is 0. The number of nitrogens with zero attached hydrogens (tertiary/aromatic N) is 1. The van der Waals surface area contributed by atoms with Crippen LogP contribution in [0.3, 0.4) is 0 Å². The molecule has 0 aliphatic carbocycles. The fourth-order valence-electron chi connectivity index (χ4n) is 2.83. The number of anilines is 2. The zero-order valence-corrected chi connectivity index (χ0v) is 13.0. The van der Waals surface area contributed by atoms with Gasteiger partial charge in [0.25, 0.3) is 0 Å². The maximum Gasteiger partial charge on any atom is 0.148 e. The molecule has 1 aliphatic rings. The lowest BCUT2D eigenvalue weighted by atomic mass is 9.99. The average Bonchev–Trinajstić information content (AvgIpc) is 2.46. The number of hydrogen-bond donors (Lipinski definition) is 1. The molecule has 0 saturated carbocycles. The van der Waals surface area contributed by atoms with E-state index in [2.05, 4.69) is 31.0 Å². The average molecular weight is 278 g/mol. The molecule has 0 atom stereocenters. The molecule has 1 aromatic rings. The van der Waals surface area contributed by atoms with E-state index in [1.807, 2.05) is 12.1 Å².